The molecule has 3 N–H and O–H groups in total. The van der Waals surface area contributed by atoms with E-state index < -0.39 is 12.0 Å². The second-order valence-electron chi connectivity index (χ2n) is 6.77. The van der Waals surface area contributed by atoms with E-state index in [0.717, 1.165) is 19.3 Å². The van der Waals surface area contributed by atoms with Crippen molar-refractivity contribution in [2.45, 2.75) is 50.5 Å². The topological polar surface area (TPSA) is 63.3 Å². The molecule has 3 fully saturated rings. The van der Waals surface area contributed by atoms with Crippen molar-refractivity contribution < 1.29 is 9.90 Å². The molecule has 0 aromatic heterocycles. The smallest absolute Gasteiger partial charge is 0.321 e. The van der Waals surface area contributed by atoms with Gasteiger partial charge in [-0.2, -0.15) is 0 Å². The van der Waals surface area contributed by atoms with Crippen LogP contribution in [0.15, 0.2) is 24.3 Å². The number of hydrogen-bond donors (Lipinski definition) is 2. The van der Waals surface area contributed by atoms with Crippen LogP contribution in [0, 0.1) is 5.41 Å². The molecule has 3 aliphatic rings. The van der Waals surface area contributed by atoms with Gasteiger partial charge in [-0.1, -0.05) is 38.1 Å². The van der Waals surface area contributed by atoms with Gasteiger partial charge < -0.3 is 10.8 Å². The summed E-state index contributed by atoms with van der Waals surface area (Å²) in [4.78, 5) is 11.0. The molecule has 102 valence electrons. The SMILES string of the molecule is CC(C)c1cccc(C23CC(C(N)C(=O)O)(C2)C3)c1. The van der Waals surface area contributed by atoms with E-state index in [0.29, 0.717) is 5.92 Å². The van der Waals surface area contributed by atoms with Gasteiger partial charge in [0.2, 0.25) is 0 Å². The maximum Gasteiger partial charge on any atom is 0.321 e. The van der Waals surface area contributed by atoms with Crippen LogP contribution < -0.4 is 5.73 Å². The van der Waals surface area contributed by atoms with E-state index in [4.69, 9.17) is 10.8 Å². The zero-order valence-corrected chi connectivity index (χ0v) is 11.5. The summed E-state index contributed by atoms with van der Waals surface area (Å²) < 4.78 is 0. The molecule has 0 aliphatic heterocycles. The van der Waals surface area contributed by atoms with Gasteiger partial charge in [-0.3, -0.25) is 4.79 Å². The van der Waals surface area contributed by atoms with Gasteiger partial charge >= 0.3 is 5.97 Å². The third-order valence-corrected chi connectivity index (χ3v) is 5.16. The quantitative estimate of drug-likeness (QED) is 0.873. The first-order valence-electron chi connectivity index (χ1n) is 6.97. The van der Waals surface area contributed by atoms with Gasteiger partial charge in [-0.25, -0.2) is 0 Å². The Morgan fingerprint density at radius 3 is 2.47 bits per heavy atom. The molecule has 0 amide bonds. The Bertz CT molecular complexity index is 516. The molecule has 0 heterocycles. The van der Waals surface area contributed by atoms with Crippen molar-refractivity contribution in [3.8, 4) is 0 Å². The van der Waals surface area contributed by atoms with Crippen molar-refractivity contribution in [1.82, 2.24) is 0 Å². The van der Waals surface area contributed by atoms with Crippen molar-refractivity contribution in [2.75, 3.05) is 0 Å². The van der Waals surface area contributed by atoms with Crippen LogP contribution in [0.1, 0.15) is 50.2 Å². The highest BCUT2D eigenvalue weighted by atomic mass is 16.4. The third kappa shape index (κ3) is 1.64. The van der Waals surface area contributed by atoms with Crippen molar-refractivity contribution in [3.05, 3.63) is 35.4 Å². The first kappa shape index (κ1) is 12.7. The first-order chi connectivity index (χ1) is 8.89. The normalized spacial score (nSPS) is 33.5. The summed E-state index contributed by atoms with van der Waals surface area (Å²) in [5.74, 6) is -0.327. The van der Waals surface area contributed by atoms with E-state index in [1.165, 1.54) is 11.1 Å². The molecular weight excluding hydrogens is 238 g/mol. The predicted octanol–water partition coefficient (Wildman–Crippen LogP) is 2.64. The Hall–Kier alpha value is -1.35. The fourth-order valence-electron chi connectivity index (χ4n) is 3.99. The molecule has 4 rings (SSSR count). The lowest BCUT2D eigenvalue weighted by atomic mass is 9.31. The predicted molar refractivity (Wildman–Crippen MR) is 74.1 cm³/mol. The van der Waals surface area contributed by atoms with E-state index in [-0.39, 0.29) is 10.8 Å². The monoisotopic (exact) mass is 259 g/mol. The minimum absolute atomic E-state index is 0.125. The minimum atomic E-state index is -0.857. The van der Waals surface area contributed by atoms with Crippen LogP contribution in [0.4, 0.5) is 0 Å². The molecule has 1 unspecified atom stereocenters. The van der Waals surface area contributed by atoms with Gasteiger partial charge in [-0.15, -0.1) is 0 Å². The molecule has 0 spiro atoms. The molecule has 3 aliphatic carbocycles. The average Bonchev–Trinajstić information content (AvgIpc) is 2.25. The highest BCUT2D eigenvalue weighted by Gasteiger charge is 2.71. The van der Waals surface area contributed by atoms with E-state index in [2.05, 4.69) is 38.1 Å². The highest BCUT2D eigenvalue weighted by Crippen LogP contribution is 2.74. The average molecular weight is 259 g/mol. The Morgan fingerprint density at radius 1 is 1.32 bits per heavy atom. The number of carboxylic acid groups (broad SMARTS) is 1. The first-order valence-corrected chi connectivity index (χ1v) is 6.97. The highest BCUT2D eigenvalue weighted by molar-refractivity contribution is 5.76. The summed E-state index contributed by atoms with van der Waals surface area (Å²) in [5, 5.41) is 9.05. The molecule has 3 nitrogen and oxygen atoms in total. The Morgan fingerprint density at radius 2 is 1.95 bits per heavy atom. The van der Waals surface area contributed by atoms with E-state index in [9.17, 15) is 4.79 Å². The summed E-state index contributed by atoms with van der Waals surface area (Å²) >= 11 is 0. The summed E-state index contributed by atoms with van der Waals surface area (Å²) in [6.45, 7) is 4.39. The van der Waals surface area contributed by atoms with Crippen LogP contribution in [0.2, 0.25) is 0 Å². The summed E-state index contributed by atoms with van der Waals surface area (Å²) in [7, 11) is 0. The van der Waals surface area contributed by atoms with Crippen LogP contribution >= 0.6 is 0 Å². The van der Waals surface area contributed by atoms with Gasteiger partial charge in [-0.05, 0) is 47.1 Å². The van der Waals surface area contributed by atoms with Gasteiger partial charge in [0.25, 0.3) is 0 Å². The zero-order valence-electron chi connectivity index (χ0n) is 11.5. The molecule has 1 aromatic carbocycles. The molecule has 1 atom stereocenters. The Labute approximate surface area is 113 Å². The lowest BCUT2D eigenvalue weighted by Crippen LogP contribution is -2.72. The van der Waals surface area contributed by atoms with E-state index in [1.54, 1.807) is 0 Å². The van der Waals surface area contributed by atoms with Crippen LogP contribution in [-0.2, 0) is 10.2 Å². The number of benzene rings is 1. The maximum absolute atomic E-state index is 11.0. The number of rotatable bonds is 4. The molecule has 19 heavy (non-hydrogen) atoms. The lowest BCUT2D eigenvalue weighted by Gasteiger charge is -2.72. The number of nitrogens with two attached hydrogens (primary N) is 1. The maximum atomic E-state index is 11.0. The van der Waals surface area contributed by atoms with Crippen LogP contribution in [0.5, 0.6) is 0 Å². The molecule has 0 radical (unpaired) electrons. The summed E-state index contributed by atoms with van der Waals surface area (Å²) in [6.07, 6.45) is 2.82. The lowest BCUT2D eigenvalue weighted by molar-refractivity contribution is -0.178. The van der Waals surface area contributed by atoms with Gasteiger partial charge in [0.1, 0.15) is 6.04 Å². The number of hydrogen-bond acceptors (Lipinski definition) is 2. The fraction of sp³-hybridized carbons (Fsp3) is 0.562. The van der Waals surface area contributed by atoms with Crippen molar-refractivity contribution in [3.63, 3.8) is 0 Å². The number of carbonyl (C=O) groups is 1. The van der Waals surface area contributed by atoms with Crippen molar-refractivity contribution in [1.29, 1.82) is 0 Å². The third-order valence-electron chi connectivity index (χ3n) is 5.16. The second kappa shape index (κ2) is 3.83. The summed E-state index contributed by atoms with van der Waals surface area (Å²) in [5.41, 5.74) is 8.64. The van der Waals surface area contributed by atoms with Crippen molar-refractivity contribution in [2.24, 2.45) is 11.1 Å². The van der Waals surface area contributed by atoms with Crippen molar-refractivity contribution >= 4 is 5.97 Å². The second-order valence-corrected chi connectivity index (χ2v) is 6.77. The standard InChI is InChI=1S/C16H21NO2/c1-10(2)11-4-3-5-12(6-11)15-7-16(8-15,9-15)13(17)14(18)19/h3-6,10,13H,7-9,17H2,1-2H3,(H,18,19). The molecular formula is C16H21NO2. The van der Waals surface area contributed by atoms with Gasteiger partial charge in [0, 0.05) is 0 Å². The molecule has 0 saturated heterocycles. The van der Waals surface area contributed by atoms with Crippen LogP contribution in [-0.4, -0.2) is 17.1 Å². The molecule has 3 heteroatoms. The zero-order chi connectivity index (χ0) is 13.8. The van der Waals surface area contributed by atoms with Crippen LogP contribution in [0.25, 0.3) is 0 Å². The number of aliphatic carboxylic acids is 1. The fourth-order valence-corrected chi connectivity index (χ4v) is 3.99. The van der Waals surface area contributed by atoms with E-state index in [1.807, 2.05) is 0 Å². The molecule has 1 aromatic rings. The largest absolute Gasteiger partial charge is 0.480 e. The van der Waals surface area contributed by atoms with E-state index >= 15 is 0 Å². The summed E-state index contributed by atoms with van der Waals surface area (Å²) in [6, 6.07) is 8.07. The number of carboxylic acids is 1. The van der Waals surface area contributed by atoms with Gasteiger partial charge in [0.05, 0.1) is 0 Å². The Balaban J connectivity index is 1.78. The Kier molecular flexibility index (Phi) is 2.55. The molecule has 2 bridgehead atoms. The van der Waals surface area contributed by atoms with Gasteiger partial charge in [0.15, 0.2) is 0 Å². The minimum Gasteiger partial charge on any atom is -0.480 e. The van der Waals surface area contributed by atoms with Crippen LogP contribution in [0.3, 0.4) is 0 Å². The molecule has 3 saturated carbocycles.